The first kappa shape index (κ1) is 11.9. The number of aliphatic hydroxyl groups excluding tert-OH is 1. The van der Waals surface area contributed by atoms with Crippen molar-refractivity contribution < 1.29 is 14.6 Å². The number of amides is 1. The summed E-state index contributed by atoms with van der Waals surface area (Å²) in [5, 5.41) is 9.15. The molecule has 2 aliphatic rings. The standard InChI is InChI=1S/C12H21NO3/c14-9-10-3-1-7-13(10)12(15)6-5-11-4-2-8-16-11/h10-11,14H,1-9H2/t10-,11?/m1/s1. The molecule has 1 amide bonds. The Labute approximate surface area is 96.6 Å². The molecule has 0 spiro atoms. The van der Waals surface area contributed by atoms with Gasteiger partial charge >= 0.3 is 0 Å². The molecular weight excluding hydrogens is 206 g/mol. The maximum Gasteiger partial charge on any atom is 0.222 e. The third-order valence-corrected chi connectivity index (χ3v) is 3.61. The van der Waals surface area contributed by atoms with Crippen LogP contribution in [0.15, 0.2) is 0 Å². The van der Waals surface area contributed by atoms with Gasteiger partial charge in [-0.2, -0.15) is 0 Å². The highest BCUT2D eigenvalue weighted by Gasteiger charge is 2.28. The van der Waals surface area contributed by atoms with Gasteiger partial charge in [0.25, 0.3) is 0 Å². The number of nitrogens with zero attached hydrogens (tertiary/aromatic N) is 1. The first-order valence-corrected chi connectivity index (χ1v) is 6.33. The molecular formula is C12H21NO3. The lowest BCUT2D eigenvalue weighted by Gasteiger charge is -2.23. The predicted octanol–water partition coefficient (Wildman–Crippen LogP) is 0.929. The van der Waals surface area contributed by atoms with E-state index in [1.807, 2.05) is 4.90 Å². The summed E-state index contributed by atoms with van der Waals surface area (Å²) in [7, 11) is 0. The Morgan fingerprint density at radius 3 is 2.94 bits per heavy atom. The molecule has 0 aromatic rings. The van der Waals surface area contributed by atoms with E-state index in [4.69, 9.17) is 9.84 Å². The van der Waals surface area contributed by atoms with Gasteiger partial charge in [0.05, 0.1) is 18.8 Å². The molecule has 4 heteroatoms. The summed E-state index contributed by atoms with van der Waals surface area (Å²) in [6.45, 7) is 1.77. The maximum absolute atomic E-state index is 11.9. The predicted molar refractivity (Wildman–Crippen MR) is 60.0 cm³/mol. The van der Waals surface area contributed by atoms with Crippen molar-refractivity contribution in [3.8, 4) is 0 Å². The summed E-state index contributed by atoms with van der Waals surface area (Å²) in [5.41, 5.74) is 0. The normalized spacial score (nSPS) is 29.9. The van der Waals surface area contributed by atoms with Crippen molar-refractivity contribution >= 4 is 5.91 Å². The zero-order valence-corrected chi connectivity index (χ0v) is 9.73. The number of carbonyl (C=O) groups is 1. The molecule has 1 unspecified atom stereocenters. The van der Waals surface area contributed by atoms with Gasteiger partial charge in [0, 0.05) is 19.6 Å². The molecule has 2 saturated heterocycles. The van der Waals surface area contributed by atoms with E-state index in [1.54, 1.807) is 0 Å². The Morgan fingerprint density at radius 1 is 1.38 bits per heavy atom. The third kappa shape index (κ3) is 2.74. The quantitative estimate of drug-likeness (QED) is 0.777. The van der Waals surface area contributed by atoms with Crippen molar-refractivity contribution in [2.45, 2.75) is 50.7 Å². The highest BCUT2D eigenvalue weighted by atomic mass is 16.5. The number of hydrogen-bond acceptors (Lipinski definition) is 3. The molecule has 2 atom stereocenters. The van der Waals surface area contributed by atoms with Crippen molar-refractivity contribution in [3.05, 3.63) is 0 Å². The molecule has 0 bridgehead atoms. The van der Waals surface area contributed by atoms with Crippen molar-refractivity contribution in [2.75, 3.05) is 19.8 Å². The van der Waals surface area contributed by atoms with Crippen molar-refractivity contribution in [1.82, 2.24) is 4.90 Å². The van der Waals surface area contributed by atoms with E-state index in [9.17, 15) is 4.79 Å². The van der Waals surface area contributed by atoms with E-state index >= 15 is 0 Å². The molecule has 0 aliphatic carbocycles. The lowest BCUT2D eigenvalue weighted by atomic mass is 10.1. The van der Waals surface area contributed by atoms with E-state index in [-0.39, 0.29) is 18.6 Å². The average Bonchev–Trinajstić information content (AvgIpc) is 2.96. The van der Waals surface area contributed by atoms with E-state index < -0.39 is 0 Å². The smallest absolute Gasteiger partial charge is 0.222 e. The third-order valence-electron chi connectivity index (χ3n) is 3.61. The molecule has 0 aromatic heterocycles. The van der Waals surface area contributed by atoms with Crippen LogP contribution in [0.2, 0.25) is 0 Å². The number of aliphatic hydroxyl groups is 1. The maximum atomic E-state index is 11.9. The molecule has 2 aliphatic heterocycles. The minimum atomic E-state index is 0.0667. The zero-order valence-electron chi connectivity index (χ0n) is 9.73. The Bertz CT molecular complexity index is 238. The molecule has 4 nitrogen and oxygen atoms in total. The van der Waals surface area contributed by atoms with Crippen LogP contribution in [0.4, 0.5) is 0 Å². The summed E-state index contributed by atoms with van der Waals surface area (Å²) >= 11 is 0. The summed E-state index contributed by atoms with van der Waals surface area (Å²) in [6.07, 6.45) is 5.89. The van der Waals surface area contributed by atoms with Gasteiger partial charge in [-0.3, -0.25) is 4.79 Å². The van der Waals surface area contributed by atoms with Crippen LogP contribution in [0.3, 0.4) is 0 Å². The van der Waals surface area contributed by atoms with Crippen LogP contribution >= 0.6 is 0 Å². The van der Waals surface area contributed by atoms with Gasteiger partial charge in [0.15, 0.2) is 0 Å². The van der Waals surface area contributed by atoms with Gasteiger partial charge in [0.2, 0.25) is 5.91 Å². The first-order chi connectivity index (χ1) is 7.81. The molecule has 16 heavy (non-hydrogen) atoms. The zero-order chi connectivity index (χ0) is 11.4. The molecule has 0 aromatic carbocycles. The number of carbonyl (C=O) groups excluding carboxylic acids is 1. The molecule has 0 radical (unpaired) electrons. The number of hydrogen-bond donors (Lipinski definition) is 1. The van der Waals surface area contributed by atoms with Gasteiger partial charge in [-0.05, 0) is 32.1 Å². The largest absolute Gasteiger partial charge is 0.394 e. The van der Waals surface area contributed by atoms with E-state index in [0.29, 0.717) is 12.5 Å². The fourth-order valence-corrected chi connectivity index (χ4v) is 2.65. The van der Waals surface area contributed by atoms with Gasteiger partial charge in [-0.1, -0.05) is 0 Å². The van der Waals surface area contributed by atoms with Gasteiger partial charge in [0.1, 0.15) is 0 Å². The van der Waals surface area contributed by atoms with Crippen molar-refractivity contribution in [3.63, 3.8) is 0 Å². The summed E-state index contributed by atoms with van der Waals surface area (Å²) in [6, 6.07) is 0.0667. The van der Waals surface area contributed by atoms with Crippen LogP contribution < -0.4 is 0 Å². The highest BCUT2D eigenvalue weighted by Crippen LogP contribution is 2.21. The molecule has 2 heterocycles. The lowest BCUT2D eigenvalue weighted by Crippen LogP contribution is -2.37. The molecule has 2 rings (SSSR count). The highest BCUT2D eigenvalue weighted by molar-refractivity contribution is 5.76. The van der Waals surface area contributed by atoms with E-state index in [1.165, 1.54) is 0 Å². The summed E-state index contributed by atoms with van der Waals surface area (Å²) in [4.78, 5) is 13.8. The fraction of sp³-hybridized carbons (Fsp3) is 0.917. The molecule has 2 fully saturated rings. The lowest BCUT2D eigenvalue weighted by molar-refractivity contribution is -0.133. The van der Waals surface area contributed by atoms with Crippen LogP contribution in [0, 0.1) is 0 Å². The SMILES string of the molecule is O=C(CCC1CCCO1)N1CCC[C@@H]1CO. The Hall–Kier alpha value is -0.610. The number of rotatable bonds is 4. The summed E-state index contributed by atoms with van der Waals surface area (Å²) < 4.78 is 5.50. The van der Waals surface area contributed by atoms with Gasteiger partial charge in [-0.15, -0.1) is 0 Å². The summed E-state index contributed by atoms with van der Waals surface area (Å²) in [5.74, 6) is 0.187. The topological polar surface area (TPSA) is 49.8 Å². The van der Waals surface area contributed by atoms with Crippen LogP contribution in [0.1, 0.15) is 38.5 Å². The average molecular weight is 227 g/mol. The van der Waals surface area contributed by atoms with Crippen molar-refractivity contribution in [1.29, 1.82) is 0 Å². The van der Waals surface area contributed by atoms with Crippen LogP contribution in [0.5, 0.6) is 0 Å². The Kier molecular flexibility index (Phi) is 4.18. The van der Waals surface area contributed by atoms with Gasteiger partial charge in [-0.25, -0.2) is 0 Å². The first-order valence-electron chi connectivity index (χ1n) is 6.33. The molecule has 92 valence electrons. The van der Waals surface area contributed by atoms with E-state index in [2.05, 4.69) is 0 Å². The van der Waals surface area contributed by atoms with Crippen LogP contribution in [-0.4, -0.2) is 47.8 Å². The van der Waals surface area contributed by atoms with Crippen LogP contribution in [0.25, 0.3) is 0 Å². The second-order valence-electron chi connectivity index (χ2n) is 4.74. The minimum absolute atomic E-state index is 0.0667. The molecule has 1 N–H and O–H groups in total. The Morgan fingerprint density at radius 2 is 2.25 bits per heavy atom. The Balaban J connectivity index is 1.74. The number of ether oxygens (including phenoxy) is 1. The minimum Gasteiger partial charge on any atom is -0.394 e. The monoisotopic (exact) mass is 227 g/mol. The molecule has 0 saturated carbocycles. The fourth-order valence-electron chi connectivity index (χ4n) is 2.65. The van der Waals surface area contributed by atoms with Crippen LogP contribution in [-0.2, 0) is 9.53 Å². The number of likely N-dealkylation sites (tertiary alicyclic amines) is 1. The van der Waals surface area contributed by atoms with Gasteiger partial charge < -0.3 is 14.7 Å². The second-order valence-corrected chi connectivity index (χ2v) is 4.74. The van der Waals surface area contributed by atoms with Crippen molar-refractivity contribution in [2.24, 2.45) is 0 Å². The second kappa shape index (κ2) is 5.64. The van der Waals surface area contributed by atoms with E-state index in [0.717, 1.165) is 45.3 Å².